The van der Waals surface area contributed by atoms with Gasteiger partial charge in [0.1, 0.15) is 6.10 Å². The molecule has 0 aliphatic heterocycles. The Labute approximate surface area is 119 Å². The van der Waals surface area contributed by atoms with Crippen molar-refractivity contribution in [3.63, 3.8) is 0 Å². The molecule has 104 valence electrons. The molecule has 1 heterocycles. The van der Waals surface area contributed by atoms with Gasteiger partial charge in [-0.1, -0.05) is 18.2 Å². The van der Waals surface area contributed by atoms with Gasteiger partial charge in [-0.15, -0.1) is 24.5 Å². The molecule has 0 bridgehead atoms. The first kappa shape index (κ1) is 15.7. The number of carbonyl (C=O) groups excluding carboxylic acids is 1. The van der Waals surface area contributed by atoms with E-state index in [9.17, 15) is 4.79 Å². The van der Waals surface area contributed by atoms with Crippen LogP contribution in [0.1, 0.15) is 18.2 Å². The molecule has 1 aromatic heterocycles. The Morgan fingerprint density at radius 1 is 1.53 bits per heavy atom. The van der Waals surface area contributed by atoms with Crippen molar-refractivity contribution in [2.45, 2.75) is 26.0 Å². The van der Waals surface area contributed by atoms with E-state index in [4.69, 9.17) is 4.74 Å². The van der Waals surface area contributed by atoms with Gasteiger partial charge in [0.2, 0.25) is 0 Å². The molecule has 0 aromatic carbocycles. The van der Waals surface area contributed by atoms with Crippen LogP contribution in [0.15, 0.2) is 42.8 Å². The van der Waals surface area contributed by atoms with Gasteiger partial charge >= 0.3 is 0 Å². The standard InChI is InChI=1S/C15H21NO2S/c1-4-6-10-18-13(3)15(17)16(9-5-2)12-14-8-7-11-19-14/h4-5,7-8,11,13H,1-2,6,9-10,12H2,3H3. The molecule has 1 unspecified atom stereocenters. The molecule has 0 spiro atoms. The molecule has 0 saturated carbocycles. The summed E-state index contributed by atoms with van der Waals surface area (Å²) in [4.78, 5) is 15.2. The van der Waals surface area contributed by atoms with E-state index in [1.54, 1.807) is 35.3 Å². The lowest BCUT2D eigenvalue weighted by molar-refractivity contribution is -0.142. The van der Waals surface area contributed by atoms with E-state index in [-0.39, 0.29) is 5.91 Å². The summed E-state index contributed by atoms with van der Waals surface area (Å²) in [5, 5.41) is 2.01. The normalized spacial score (nSPS) is 11.8. The molecule has 3 nitrogen and oxygen atoms in total. The average Bonchev–Trinajstić information content (AvgIpc) is 2.90. The quantitative estimate of drug-likeness (QED) is 0.513. The second-order valence-electron chi connectivity index (χ2n) is 4.18. The fraction of sp³-hybridized carbons (Fsp3) is 0.400. The summed E-state index contributed by atoms with van der Waals surface area (Å²) in [6.45, 7) is 10.8. The highest BCUT2D eigenvalue weighted by Crippen LogP contribution is 2.13. The Kier molecular flexibility index (Phi) is 7.15. The summed E-state index contributed by atoms with van der Waals surface area (Å²) in [6.07, 6.45) is 3.84. The molecular formula is C15H21NO2S. The minimum absolute atomic E-state index is 0.00244. The maximum Gasteiger partial charge on any atom is 0.252 e. The summed E-state index contributed by atoms with van der Waals surface area (Å²) in [7, 11) is 0. The van der Waals surface area contributed by atoms with E-state index in [0.29, 0.717) is 19.7 Å². The molecule has 1 amide bonds. The second kappa shape index (κ2) is 8.67. The van der Waals surface area contributed by atoms with Crippen molar-refractivity contribution < 1.29 is 9.53 Å². The van der Waals surface area contributed by atoms with Crippen LogP contribution >= 0.6 is 11.3 Å². The minimum Gasteiger partial charge on any atom is -0.368 e. The number of thiophene rings is 1. The van der Waals surface area contributed by atoms with Gasteiger partial charge in [0.15, 0.2) is 0 Å². The maximum absolute atomic E-state index is 12.3. The zero-order chi connectivity index (χ0) is 14.1. The van der Waals surface area contributed by atoms with Crippen LogP contribution in [0.5, 0.6) is 0 Å². The third-order valence-corrected chi connectivity index (χ3v) is 3.49. The maximum atomic E-state index is 12.3. The molecule has 1 rings (SSSR count). The number of carbonyl (C=O) groups is 1. The lowest BCUT2D eigenvalue weighted by atomic mass is 10.3. The van der Waals surface area contributed by atoms with Gasteiger partial charge in [0.25, 0.3) is 5.91 Å². The van der Waals surface area contributed by atoms with E-state index >= 15 is 0 Å². The van der Waals surface area contributed by atoms with Crippen molar-refractivity contribution in [3.05, 3.63) is 47.7 Å². The first-order valence-electron chi connectivity index (χ1n) is 6.33. The van der Waals surface area contributed by atoms with Crippen LogP contribution in [0.25, 0.3) is 0 Å². The lowest BCUT2D eigenvalue weighted by Crippen LogP contribution is -2.38. The SMILES string of the molecule is C=CCCOC(C)C(=O)N(CC=C)Cc1cccs1. The van der Waals surface area contributed by atoms with Crippen molar-refractivity contribution in [3.8, 4) is 0 Å². The number of ether oxygens (including phenoxy) is 1. The van der Waals surface area contributed by atoms with Crippen molar-refractivity contribution in [2.24, 2.45) is 0 Å². The molecule has 0 N–H and O–H groups in total. The molecule has 1 aromatic rings. The smallest absolute Gasteiger partial charge is 0.252 e. The molecule has 0 aliphatic rings. The lowest BCUT2D eigenvalue weighted by Gasteiger charge is -2.24. The zero-order valence-electron chi connectivity index (χ0n) is 11.4. The third-order valence-electron chi connectivity index (χ3n) is 2.63. The highest BCUT2D eigenvalue weighted by molar-refractivity contribution is 7.09. The summed E-state index contributed by atoms with van der Waals surface area (Å²) < 4.78 is 5.50. The van der Waals surface area contributed by atoms with Crippen LogP contribution in [0.2, 0.25) is 0 Å². The summed E-state index contributed by atoms with van der Waals surface area (Å²) >= 11 is 1.65. The molecule has 1 atom stereocenters. The average molecular weight is 279 g/mol. The predicted molar refractivity (Wildman–Crippen MR) is 80.2 cm³/mol. The first-order valence-corrected chi connectivity index (χ1v) is 7.21. The van der Waals surface area contributed by atoms with Crippen molar-refractivity contribution in [2.75, 3.05) is 13.2 Å². The number of rotatable bonds is 9. The van der Waals surface area contributed by atoms with Gasteiger partial charge in [-0.2, -0.15) is 0 Å². The van der Waals surface area contributed by atoms with Gasteiger partial charge in [0, 0.05) is 11.4 Å². The molecule has 19 heavy (non-hydrogen) atoms. The van der Waals surface area contributed by atoms with Crippen molar-refractivity contribution in [1.82, 2.24) is 4.90 Å². The Morgan fingerprint density at radius 2 is 2.32 bits per heavy atom. The highest BCUT2D eigenvalue weighted by Gasteiger charge is 2.20. The van der Waals surface area contributed by atoms with Crippen LogP contribution in [-0.2, 0) is 16.1 Å². The molecule has 0 radical (unpaired) electrons. The minimum atomic E-state index is -0.431. The van der Waals surface area contributed by atoms with Crippen LogP contribution in [-0.4, -0.2) is 30.1 Å². The first-order chi connectivity index (χ1) is 9.19. The van der Waals surface area contributed by atoms with Crippen molar-refractivity contribution in [1.29, 1.82) is 0 Å². The molecule has 0 saturated heterocycles. The van der Waals surface area contributed by atoms with Gasteiger partial charge in [-0.3, -0.25) is 4.79 Å². The fourth-order valence-corrected chi connectivity index (χ4v) is 2.35. The van der Waals surface area contributed by atoms with Crippen LogP contribution in [0.3, 0.4) is 0 Å². The third kappa shape index (κ3) is 5.41. The highest BCUT2D eigenvalue weighted by atomic mass is 32.1. The van der Waals surface area contributed by atoms with Crippen LogP contribution in [0, 0.1) is 0 Å². The topological polar surface area (TPSA) is 29.5 Å². The van der Waals surface area contributed by atoms with Gasteiger partial charge in [0.05, 0.1) is 13.2 Å². The molecule has 0 aliphatic carbocycles. The predicted octanol–water partition coefficient (Wildman–Crippen LogP) is 3.24. The monoisotopic (exact) mass is 279 g/mol. The van der Waals surface area contributed by atoms with Crippen LogP contribution in [0.4, 0.5) is 0 Å². The Hall–Kier alpha value is -1.39. The van der Waals surface area contributed by atoms with Gasteiger partial charge in [-0.05, 0) is 24.8 Å². The molecule has 0 fully saturated rings. The van der Waals surface area contributed by atoms with E-state index in [0.717, 1.165) is 11.3 Å². The van der Waals surface area contributed by atoms with Gasteiger partial charge in [-0.25, -0.2) is 0 Å². The number of hydrogen-bond acceptors (Lipinski definition) is 3. The largest absolute Gasteiger partial charge is 0.368 e. The van der Waals surface area contributed by atoms with Gasteiger partial charge < -0.3 is 9.64 Å². The number of amides is 1. The van der Waals surface area contributed by atoms with E-state index in [1.165, 1.54) is 0 Å². The van der Waals surface area contributed by atoms with Crippen molar-refractivity contribution >= 4 is 17.2 Å². The zero-order valence-corrected chi connectivity index (χ0v) is 12.2. The molecular weight excluding hydrogens is 258 g/mol. The number of nitrogens with zero attached hydrogens (tertiary/aromatic N) is 1. The van der Waals surface area contributed by atoms with Crippen LogP contribution < -0.4 is 0 Å². The summed E-state index contributed by atoms with van der Waals surface area (Å²) in [6, 6.07) is 4.01. The fourth-order valence-electron chi connectivity index (χ4n) is 1.64. The van der Waals surface area contributed by atoms with E-state index < -0.39 is 6.10 Å². The summed E-state index contributed by atoms with van der Waals surface area (Å²) in [5.74, 6) is -0.00244. The Bertz CT molecular complexity index is 400. The Balaban J connectivity index is 2.56. The second-order valence-corrected chi connectivity index (χ2v) is 5.21. The summed E-state index contributed by atoms with van der Waals surface area (Å²) in [5.41, 5.74) is 0. The Morgan fingerprint density at radius 3 is 2.89 bits per heavy atom. The molecule has 4 heteroatoms. The number of hydrogen-bond donors (Lipinski definition) is 0. The van der Waals surface area contributed by atoms with E-state index in [1.807, 2.05) is 17.5 Å². The van der Waals surface area contributed by atoms with E-state index in [2.05, 4.69) is 13.2 Å².